The minimum atomic E-state index is -0.385. The van der Waals surface area contributed by atoms with Crippen LogP contribution in [-0.4, -0.2) is 17.5 Å². The molecule has 0 aromatic carbocycles. The van der Waals surface area contributed by atoms with Gasteiger partial charge in [-0.05, 0) is 13.0 Å². The second-order valence-corrected chi connectivity index (χ2v) is 1.12. The molecule has 0 heterocycles. The maximum Gasteiger partial charge on any atom is 0.180 e. The number of ketones is 1. The zero-order valence-corrected chi connectivity index (χ0v) is 4.22. The minimum Gasteiger partial charge on any atom is -0.388 e. The topological polar surface area (TPSA) is 37.3 Å². The molecule has 0 amide bonds. The number of carbonyl (C=O) groups excluding carboxylic acids is 1. The SMILES string of the molecule is C/C=C\C(=O)CO. The first-order valence-electron chi connectivity index (χ1n) is 2.07. The van der Waals surface area contributed by atoms with E-state index in [-0.39, 0.29) is 12.4 Å². The monoisotopic (exact) mass is 100 g/mol. The molecular weight excluding hydrogens is 92.1 g/mol. The number of carbonyl (C=O) groups is 1. The summed E-state index contributed by atoms with van der Waals surface area (Å²) in [5, 5.41) is 8.07. The van der Waals surface area contributed by atoms with E-state index in [1.807, 2.05) is 0 Å². The molecule has 0 atom stereocenters. The van der Waals surface area contributed by atoms with Crippen LogP contribution in [0.15, 0.2) is 12.2 Å². The molecule has 0 saturated carbocycles. The van der Waals surface area contributed by atoms with Crippen molar-refractivity contribution in [3.05, 3.63) is 12.2 Å². The van der Waals surface area contributed by atoms with Gasteiger partial charge in [0, 0.05) is 0 Å². The second kappa shape index (κ2) is 3.56. The smallest absolute Gasteiger partial charge is 0.180 e. The molecule has 0 aromatic heterocycles. The lowest BCUT2D eigenvalue weighted by Gasteiger charge is -1.78. The van der Waals surface area contributed by atoms with Crippen molar-refractivity contribution in [2.24, 2.45) is 0 Å². The van der Waals surface area contributed by atoms with E-state index in [4.69, 9.17) is 5.11 Å². The molecule has 2 nitrogen and oxygen atoms in total. The van der Waals surface area contributed by atoms with E-state index in [9.17, 15) is 4.79 Å². The summed E-state index contributed by atoms with van der Waals surface area (Å²) in [7, 11) is 0. The third kappa shape index (κ3) is 3.19. The number of aliphatic hydroxyl groups is 1. The Labute approximate surface area is 42.5 Å². The molecule has 0 unspecified atom stereocenters. The minimum absolute atomic E-state index is 0.248. The summed E-state index contributed by atoms with van der Waals surface area (Å²) in [6.07, 6.45) is 2.93. The molecule has 0 fully saturated rings. The van der Waals surface area contributed by atoms with Gasteiger partial charge in [0.05, 0.1) is 0 Å². The van der Waals surface area contributed by atoms with E-state index in [0.29, 0.717) is 0 Å². The van der Waals surface area contributed by atoms with Crippen LogP contribution >= 0.6 is 0 Å². The van der Waals surface area contributed by atoms with Gasteiger partial charge in [-0.3, -0.25) is 4.79 Å². The van der Waals surface area contributed by atoms with Crippen LogP contribution < -0.4 is 0 Å². The quantitative estimate of drug-likeness (QED) is 0.500. The van der Waals surface area contributed by atoms with Crippen molar-refractivity contribution < 1.29 is 9.90 Å². The van der Waals surface area contributed by atoms with Crippen molar-refractivity contribution in [2.45, 2.75) is 6.92 Å². The Bertz CT molecular complexity index is 84.1. The zero-order valence-electron chi connectivity index (χ0n) is 4.22. The maximum atomic E-state index is 10.1. The van der Waals surface area contributed by atoms with Crippen LogP contribution in [-0.2, 0) is 4.79 Å². The van der Waals surface area contributed by atoms with Gasteiger partial charge in [-0.15, -0.1) is 0 Å². The van der Waals surface area contributed by atoms with E-state index in [1.54, 1.807) is 13.0 Å². The third-order valence-electron chi connectivity index (χ3n) is 0.508. The molecule has 0 aliphatic heterocycles. The molecule has 0 aliphatic rings. The largest absolute Gasteiger partial charge is 0.388 e. The van der Waals surface area contributed by atoms with E-state index in [2.05, 4.69) is 0 Å². The maximum absolute atomic E-state index is 10.1. The highest BCUT2D eigenvalue weighted by molar-refractivity contribution is 5.90. The fraction of sp³-hybridized carbons (Fsp3) is 0.400. The number of rotatable bonds is 2. The summed E-state index contributed by atoms with van der Waals surface area (Å²) >= 11 is 0. The molecule has 0 spiro atoms. The summed E-state index contributed by atoms with van der Waals surface area (Å²) in [6, 6.07) is 0. The molecule has 0 aliphatic carbocycles. The van der Waals surface area contributed by atoms with E-state index in [1.165, 1.54) is 6.08 Å². The average molecular weight is 100 g/mol. The Balaban J connectivity index is 3.37. The lowest BCUT2D eigenvalue weighted by Crippen LogP contribution is -1.96. The van der Waals surface area contributed by atoms with Crippen LogP contribution in [0.5, 0.6) is 0 Å². The molecule has 40 valence electrons. The number of allylic oxidation sites excluding steroid dienone is 1. The molecule has 0 radical (unpaired) electrons. The van der Waals surface area contributed by atoms with Crippen LogP contribution in [0.4, 0.5) is 0 Å². The highest BCUT2D eigenvalue weighted by Crippen LogP contribution is 1.71. The van der Waals surface area contributed by atoms with Crippen LogP contribution in [0.1, 0.15) is 6.92 Å². The Kier molecular flexibility index (Phi) is 3.24. The average Bonchev–Trinajstić information content (AvgIpc) is 1.68. The molecule has 7 heavy (non-hydrogen) atoms. The second-order valence-electron chi connectivity index (χ2n) is 1.12. The third-order valence-corrected chi connectivity index (χ3v) is 0.508. The molecule has 2 heteroatoms. The Morgan fingerprint density at radius 2 is 2.43 bits per heavy atom. The van der Waals surface area contributed by atoms with Crippen molar-refractivity contribution in [3.63, 3.8) is 0 Å². The van der Waals surface area contributed by atoms with Crippen LogP contribution in [0.25, 0.3) is 0 Å². The van der Waals surface area contributed by atoms with Gasteiger partial charge in [0.1, 0.15) is 6.61 Å². The van der Waals surface area contributed by atoms with Gasteiger partial charge in [-0.2, -0.15) is 0 Å². The first-order chi connectivity index (χ1) is 3.31. The normalized spacial score (nSPS) is 10.0. The van der Waals surface area contributed by atoms with Crippen molar-refractivity contribution in [1.29, 1.82) is 0 Å². The first-order valence-corrected chi connectivity index (χ1v) is 2.07. The standard InChI is InChI=1S/C5H8O2/c1-2-3-5(7)4-6/h2-3,6H,4H2,1H3/b3-2-. The van der Waals surface area contributed by atoms with Gasteiger partial charge in [0.15, 0.2) is 5.78 Å². The molecule has 0 aromatic rings. The lowest BCUT2D eigenvalue weighted by atomic mass is 10.4. The number of hydrogen-bond acceptors (Lipinski definition) is 2. The zero-order chi connectivity index (χ0) is 5.70. The molecular formula is C5H8O2. The fourth-order valence-corrected chi connectivity index (χ4v) is 0.239. The van der Waals surface area contributed by atoms with Crippen molar-refractivity contribution >= 4 is 5.78 Å². The molecule has 0 rings (SSSR count). The summed E-state index contributed by atoms with van der Waals surface area (Å²) in [4.78, 5) is 10.1. The fourth-order valence-electron chi connectivity index (χ4n) is 0.239. The van der Waals surface area contributed by atoms with Gasteiger partial charge in [-0.1, -0.05) is 6.08 Å². The van der Waals surface area contributed by atoms with Crippen LogP contribution in [0.3, 0.4) is 0 Å². The number of aliphatic hydroxyl groups excluding tert-OH is 1. The Morgan fingerprint density at radius 1 is 1.86 bits per heavy atom. The van der Waals surface area contributed by atoms with Gasteiger partial charge in [-0.25, -0.2) is 0 Å². The molecule has 1 N–H and O–H groups in total. The first kappa shape index (κ1) is 6.37. The van der Waals surface area contributed by atoms with E-state index < -0.39 is 0 Å². The predicted octanol–water partition coefficient (Wildman–Crippen LogP) is 0.124. The van der Waals surface area contributed by atoms with Gasteiger partial charge < -0.3 is 5.11 Å². The predicted molar refractivity (Wildman–Crippen MR) is 26.9 cm³/mol. The van der Waals surface area contributed by atoms with E-state index in [0.717, 1.165) is 0 Å². The summed E-state index contributed by atoms with van der Waals surface area (Å²) in [5.74, 6) is -0.248. The number of hydrogen-bond donors (Lipinski definition) is 1. The Hall–Kier alpha value is -0.630. The van der Waals surface area contributed by atoms with E-state index >= 15 is 0 Å². The van der Waals surface area contributed by atoms with Crippen LogP contribution in [0.2, 0.25) is 0 Å². The summed E-state index contributed by atoms with van der Waals surface area (Å²) < 4.78 is 0. The van der Waals surface area contributed by atoms with Crippen molar-refractivity contribution in [1.82, 2.24) is 0 Å². The molecule has 0 saturated heterocycles. The van der Waals surface area contributed by atoms with Gasteiger partial charge in [0.2, 0.25) is 0 Å². The highest BCUT2D eigenvalue weighted by atomic mass is 16.3. The lowest BCUT2D eigenvalue weighted by molar-refractivity contribution is -0.117. The summed E-state index contributed by atoms with van der Waals surface area (Å²) in [6.45, 7) is 1.35. The van der Waals surface area contributed by atoms with Crippen LogP contribution in [0, 0.1) is 0 Å². The van der Waals surface area contributed by atoms with Gasteiger partial charge in [0.25, 0.3) is 0 Å². The Morgan fingerprint density at radius 3 is 2.57 bits per heavy atom. The van der Waals surface area contributed by atoms with Gasteiger partial charge >= 0.3 is 0 Å². The molecule has 0 bridgehead atoms. The van der Waals surface area contributed by atoms with Crippen molar-refractivity contribution in [3.8, 4) is 0 Å². The van der Waals surface area contributed by atoms with Crippen molar-refractivity contribution in [2.75, 3.05) is 6.61 Å². The highest BCUT2D eigenvalue weighted by Gasteiger charge is 1.85. The summed E-state index contributed by atoms with van der Waals surface area (Å²) in [5.41, 5.74) is 0.